The first-order valence-electron chi connectivity index (χ1n) is 34.1. The summed E-state index contributed by atoms with van der Waals surface area (Å²) in [6.45, 7) is 7.02. The van der Waals surface area contributed by atoms with Gasteiger partial charge in [0.25, 0.3) is 0 Å². The topological polar surface area (TPSA) is 237 Å². The lowest BCUT2D eigenvalue weighted by atomic mass is 10.0. The number of carbonyl (C=O) groups is 4. The molecule has 0 saturated carbocycles. The minimum atomic E-state index is -4.94. The molecule has 0 aromatic heterocycles. The van der Waals surface area contributed by atoms with E-state index in [1.54, 1.807) is 0 Å². The van der Waals surface area contributed by atoms with Crippen molar-refractivity contribution in [1.82, 2.24) is 0 Å². The highest BCUT2D eigenvalue weighted by Gasteiger charge is 2.30. The van der Waals surface area contributed by atoms with Crippen molar-refractivity contribution in [3.63, 3.8) is 0 Å². The lowest BCUT2D eigenvalue weighted by Crippen LogP contribution is -2.30. The van der Waals surface area contributed by atoms with E-state index in [1.165, 1.54) is 148 Å². The van der Waals surface area contributed by atoms with E-state index >= 15 is 0 Å². The first kappa shape index (κ1) is 82.1. The summed E-state index contributed by atoms with van der Waals surface area (Å²) in [5, 5.41) is 10.5. The molecule has 0 spiro atoms. The van der Waals surface area contributed by atoms with Crippen LogP contribution in [0.2, 0.25) is 0 Å². The molecule has 0 bridgehead atoms. The van der Waals surface area contributed by atoms with Gasteiger partial charge in [-0.1, -0.05) is 279 Å². The second-order valence-corrected chi connectivity index (χ2v) is 26.9. The number of ether oxygens (including phenoxy) is 4. The zero-order valence-corrected chi connectivity index (χ0v) is 55.8. The van der Waals surface area contributed by atoms with Crippen LogP contribution in [-0.2, 0) is 65.4 Å². The van der Waals surface area contributed by atoms with Crippen LogP contribution in [0.25, 0.3) is 0 Å². The van der Waals surface area contributed by atoms with Crippen LogP contribution in [0, 0.1) is 5.92 Å². The number of aliphatic hydroxyl groups excluding tert-OH is 1. The lowest BCUT2D eigenvalue weighted by molar-refractivity contribution is -0.161. The summed E-state index contributed by atoms with van der Waals surface area (Å²) in [7, 11) is -9.87. The van der Waals surface area contributed by atoms with E-state index < -0.39 is 97.5 Å². The monoisotopic (exact) mass is 1240 g/mol. The summed E-state index contributed by atoms with van der Waals surface area (Å²) < 4.78 is 67.6. The number of phosphoric ester groups is 2. The molecule has 0 fully saturated rings. The highest BCUT2D eigenvalue weighted by Crippen LogP contribution is 2.45. The van der Waals surface area contributed by atoms with Crippen molar-refractivity contribution in [2.24, 2.45) is 5.92 Å². The summed E-state index contributed by atoms with van der Waals surface area (Å²) in [6, 6.07) is 0. The maximum atomic E-state index is 13.0. The standard InChI is InChI=1S/C65H126O17P2/c1-6-9-12-15-16-17-18-19-20-21-22-23-24-25-26-29-33-36-41-46-51-65(70)82-61(55-76-63(68)49-44-40-35-32-30-27-28-31-34-39-42-47-58(4)5)57-80-84(73,74)78-53-59(66)52-77-83(71,72)79-56-60(81-64(69)50-45-38-14-11-8-3)54-75-62(67)48-43-37-13-10-7-2/h58-61,66H,6-57H2,1-5H3,(H,71,72)(H,73,74)/t59-,60+,61+/m0/s1. The average molecular weight is 1240 g/mol. The molecule has 0 aliphatic heterocycles. The fourth-order valence-electron chi connectivity index (χ4n) is 9.76. The summed E-state index contributed by atoms with van der Waals surface area (Å²) in [5.41, 5.74) is 0. The van der Waals surface area contributed by atoms with Gasteiger partial charge in [0.2, 0.25) is 0 Å². The Morgan fingerprint density at radius 1 is 0.321 bits per heavy atom. The van der Waals surface area contributed by atoms with Gasteiger partial charge in [0, 0.05) is 25.7 Å². The Hall–Kier alpha value is -1.94. The Labute approximate surface area is 511 Å². The van der Waals surface area contributed by atoms with Crippen molar-refractivity contribution in [3.8, 4) is 0 Å². The number of esters is 4. The molecule has 498 valence electrons. The van der Waals surface area contributed by atoms with Gasteiger partial charge in [-0.05, 0) is 31.6 Å². The number of rotatable bonds is 65. The van der Waals surface area contributed by atoms with E-state index in [1.807, 2.05) is 0 Å². The molecular formula is C65H126O17P2. The third-order valence-corrected chi connectivity index (χ3v) is 16.9. The van der Waals surface area contributed by atoms with Gasteiger partial charge in [-0.3, -0.25) is 37.3 Å². The summed E-state index contributed by atoms with van der Waals surface area (Å²) in [4.78, 5) is 71.7. The SMILES string of the molecule is CCCCCCCCCCCCCCCCCCCCCCC(=O)O[C@H](COC(=O)CCCCCCCCCCCCCC(C)C)COP(=O)(O)OC[C@@H](O)COP(=O)(O)OC[C@@H](COC(=O)CCCCCCC)OC(=O)CCCCCCC. The summed E-state index contributed by atoms with van der Waals surface area (Å²) in [6.07, 6.45) is 44.0. The fourth-order valence-corrected chi connectivity index (χ4v) is 11.3. The van der Waals surface area contributed by atoms with Crippen molar-refractivity contribution in [2.75, 3.05) is 39.6 Å². The maximum Gasteiger partial charge on any atom is 0.472 e. The number of hydrogen-bond acceptors (Lipinski definition) is 15. The first-order valence-corrected chi connectivity index (χ1v) is 37.1. The van der Waals surface area contributed by atoms with Crippen LogP contribution in [0.15, 0.2) is 0 Å². The maximum absolute atomic E-state index is 13.0. The Kier molecular flexibility index (Phi) is 57.4. The minimum Gasteiger partial charge on any atom is -0.462 e. The molecular weight excluding hydrogens is 1110 g/mol. The number of phosphoric acid groups is 2. The molecule has 0 rings (SSSR count). The van der Waals surface area contributed by atoms with Gasteiger partial charge in [0.1, 0.15) is 19.3 Å². The highest BCUT2D eigenvalue weighted by molar-refractivity contribution is 7.47. The molecule has 0 saturated heterocycles. The molecule has 0 aliphatic carbocycles. The van der Waals surface area contributed by atoms with Crippen molar-refractivity contribution >= 4 is 39.5 Å². The van der Waals surface area contributed by atoms with E-state index in [9.17, 15) is 43.2 Å². The van der Waals surface area contributed by atoms with Crippen LogP contribution in [0.5, 0.6) is 0 Å². The quantitative estimate of drug-likeness (QED) is 0.0222. The second kappa shape index (κ2) is 58.7. The summed E-state index contributed by atoms with van der Waals surface area (Å²) in [5.74, 6) is -1.38. The van der Waals surface area contributed by atoms with Gasteiger partial charge >= 0.3 is 39.5 Å². The fraction of sp³-hybridized carbons (Fsp3) is 0.938. The molecule has 0 heterocycles. The molecule has 0 amide bonds. The van der Waals surface area contributed by atoms with Crippen molar-refractivity contribution < 1.29 is 80.2 Å². The molecule has 3 N–H and O–H groups in total. The van der Waals surface area contributed by atoms with Gasteiger partial charge in [-0.2, -0.15) is 0 Å². The molecule has 84 heavy (non-hydrogen) atoms. The molecule has 0 aromatic carbocycles. The zero-order chi connectivity index (χ0) is 62.0. The molecule has 17 nitrogen and oxygen atoms in total. The van der Waals surface area contributed by atoms with Gasteiger partial charge in [-0.25, -0.2) is 9.13 Å². The van der Waals surface area contributed by atoms with Crippen molar-refractivity contribution in [2.45, 2.75) is 348 Å². The van der Waals surface area contributed by atoms with Crippen molar-refractivity contribution in [1.29, 1.82) is 0 Å². The summed E-state index contributed by atoms with van der Waals surface area (Å²) >= 11 is 0. The third kappa shape index (κ3) is 59.0. The molecule has 0 aliphatic rings. The van der Waals surface area contributed by atoms with E-state index in [0.717, 1.165) is 102 Å². The van der Waals surface area contributed by atoms with Gasteiger partial charge in [0.15, 0.2) is 12.2 Å². The normalized spacial score (nSPS) is 14.2. The van der Waals surface area contributed by atoms with E-state index in [0.29, 0.717) is 25.7 Å². The lowest BCUT2D eigenvalue weighted by Gasteiger charge is -2.21. The van der Waals surface area contributed by atoms with Crippen LogP contribution in [-0.4, -0.2) is 96.7 Å². The van der Waals surface area contributed by atoms with Gasteiger partial charge in [-0.15, -0.1) is 0 Å². The van der Waals surface area contributed by atoms with Crippen LogP contribution >= 0.6 is 15.6 Å². The second-order valence-electron chi connectivity index (χ2n) is 24.0. The first-order chi connectivity index (χ1) is 40.5. The predicted molar refractivity (Wildman–Crippen MR) is 335 cm³/mol. The number of aliphatic hydroxyl groups is 1. The van der Waals surface area contributed by atoms with Gasteiger partial charge in [0.05, 0.1) is 26.4 Å². The van der Waals surface area contributed by atoms with Gasteiger partial charge < -0.3 is 33.8 Å². The van der Waals surface area contributed by atoms with E-state index in [-0.39, 0.29) is 25.7 Å². The highest BCUT2D eigenvalue weighted by atomic mass is 31.2. The zero-order valence-electron chi connectivity index (χ0n) is 54.0. The molecule has 19 heteroatoms. The molecule has 5 atom stereocenters. The number of unbranched alkanes of at least 4 members (excludes halogenated alkanes) is 37. The van der Waals surface area contributed by atoms with Crippen LogP contribution in [0.4, 0.5) is 0 Å². The Morgan fingerprint density at radius 3 is 0.810 bits per heavy atom. The molecule has 0 radical (unpaired) electrons. The number of hydrogen-bond donors (Lipinski definition) is 3. The minimum absolute atomic E-state index is 0.0989. The van der Waals surface area contributed by atoms with Crippen LogP contribution in [0.1, 0.15) is 330 Å². The smallest absolute Gasteiger partial charge is 0.462 e. The third-order valence-electron chi connectivity index (χ3n) is 15.0. The largest absolute Gasteiger partial charge is 0.472 e. The Balaban J connectivity index is 5.06. The molecule has 0 aromatic rings. The van der Waals surface area contributed by atoms with Crippen LogP contribution in [0.3, 0.4) is 0 Å². The number of carbonyl (C=O) groups excluding carboxylic acids is 4. The molecule has 2 unspecified atom stereocenters. The predicted octanol–water partition coefficient (Wildman–Crippen LogP) is 18.2. The average Bonchev–Trinajstić information content (AvgIpc) is 3.46. The van der Waals surface area contributed by atoms with Crippen molar-refractivity contribution in [3.05, 3.63) is 0 Å². The Morgan fingerprint density at radius 2 is 0.548 bits per heavy atom. The van der Waals surface area contributed by atoms with E-state index in [2.05, 4.69) is 34.6 Å². The Bertz CT molecular complexity index is 1640. The van der Waals surface area contributed by atoms with Crippen LogP contribution < -0.4 is 0 Å². The van der Waals surface area contributed by atoms with E-state index in [4.69, 9.17) is 37.0 Å².